The molecule has 1 aromatic carbocycles. The van der Waals surface area contributed by atoms with E-state index in [-0.39, 0.29) is 5.97 Å². The number of carbonyl (C=O) groups excluding carboxylic acids is 1. The Balaban J connectivity index is 2.68. The molecule has 0 heterocycles. The maximum absolute atomic E-state index is 11.0. The molecule has 5 nitrogen and oxygen atoms in total. The SMILES string of the molecule is CCC(=O)Oc1ccc(C=C[N+](=O)[O-])cc1. The number of esters is 1. The van der Waals surface area contributed by atoms with Crippen LogP contribution in [0.3, 0.4) is 0 Å². The molecule has 0 unspecified atom stereocenters. The molecule has 0 bridgehead atoms. The molecule has 84 valence electrons. The van der Waals surface area contributed by atoms with Gasteiger partial charge in [0.05, 0.1) is 4.92 Å². The fourth-order valence-corrected chi connectivity index (χ4v) is 0.998. The van der Waals surface area contributed by atoms with E-state index in [2.05, 4.69) is 0 Å². The highest BCUT2D eigenvalue weighted by molar-refractivity contribution is 5.72. The Morgan fingerprint density at radius 2 is 2.06 bits per heavy atom. The van der Waals surface area contributed by atoms with Crippen LogP contribution >= 0.6 is 0 Å². The summed E-state index contributed by atoms with van der Waals surface area (Å²) in [4.78, 5) is 20.5. The summed E-state index contributed by atoms with van der Waals surface area (Å²) in [5.41, 5.74) is 0.674. The van der Waals surface area contributed by atoms with Crippen LogP contribution in [0.2, 0.25) is 0 Å². The number of nitro groups is 1. The first-order chi connectivity index (χ1) is 7.61. The standard InChI is InChI=1S/C11H11NO4/c1-2-11(13)16-10-5-3-9(4-6-10)7-8-12(14)15/h3-8H,2H2,1H3. The third kappa shape index (κ3) is 3.91. The van der Waals surface area contributed by atoms with E-state index < -0.39 is 4.92 Å². The number of nitrogens with zero attached hydrogens (tertiary/aromatic N) is 1. The summed E-state index contributed by atoms with van der Waals surface area (Å²) in [6.07, 6.45) is 2.53. The lowest BCUT2D eigenvalue weighted by Gasteiger charge is -2.01. The van der Waals surface area contributed by atoms with E-state index in [1.165, 1.54) is 6.08 Å². The molecule has 5 heteroatoms. The molecule has 16 heavy (non-hydrogen) atoms. The number of hydrogen-bond donors (Lipinski definition) is 0. The molecule has 0 N–H and O–H groups in total. The summed E-state index contributed by atoms with van der Waals surface area (Å²) in [5.74, 6) is 0.124. The van der Waals surface area contributed by atoms with Gasteiger partial charge in [-0.05, 0) is 17.7 Å². The van der Waals surface area contributed by atoms with Gasteiger partial charge in [0.15, 0.2) is 0 Å². The zero-order valence-corrected chi connectivity index (χ0v) is 8.75. The highest BCUT2D eigenvalue weighted by Crippen LogP contribution is 2.13. The lowest BCUT2D eigenvalue weighted by atomic mass is 10.2. The molecule has 0 saturated heterocycles. The van der Waals surface area contributed by atoms with Crippen molar-refractivity contribution >= 4 is 12.0 Å². The Hall–Kier alpha value is -2.17. The highest BCUT2D eigenvalue weighted by atomic mass is 16.6. The first-order valence-corrected chi connectivity index (χ1v) is 4.74. The Labute approximate surface area is 92.5 Å². The van der Waals surface area contributed by atoms with Gasteiger partial charge in [-0.15, -0.1) is 0 Å². The zero-order chi connectivity index (χ0) is 12.0. The van der Waals surface area contributed by atoms with Crippen LogP contribution in [0.15, 0.2) is 30.5 Å². The minimum Gasteiger partial charge on any atom is -0.427 e. The average molecular weight is 221 g/mol. The van der Waals surface area contributed by atoms with Crippen LogP contribution in [0.25, 0.3) is 6.08 Å². The molecular formula is C11H11NO4. The molecule has 0 spiro atoms. The van der Waals surface area contributed by atoms with E-state index in [1.807, 2.05) is 0 Å². The minimum atomic E-state index is -0.537. The Bertz CT molecular complexity index is 408. The van der Waals surface area contributed by atoms with E-state index in [1.54, 1.807) is 31.2 Å². The lowest BCUT2D eigenvalue weighted by molar-refractivity contribution is -0.400. The van der Waals surface area contributed by atoms with Crippen molar-refractivity contribution in [2.75, 3.05) is 0 Å². The van der Waals surface area contributed by atoms with E-state index in [9.17, 15) is 14.9 Å². The summed E-state index contributed by atoms with van der Waals surface area (Å²) in [6, 6.07) is 6.46. The van der Waals surface area contributed by atoms with Crippen molar-refractivity contribution in [1.82, 2.24) is 0 Å². The topological polar surface area (TPSA) is 69.4 Å². The van der Waals surface area contributed by atoms with E-state index >= 15 is 0 Å². The second-order valence-electron chi connectivity index (χ2n) is 3.00. The van der Waals surface area contributed by atoms with Crippen molar-refractivity contribution < 1.29 is 14.5 Å². The first-order valence-electron chi connectivity index (χ1n) is 4.74. The fourth-order valence-electron chi connectivity index (χ4n) is 0.998. The number of benzene rings is 1. The van der Waals surface area contributed by atoms with Gasteiger partial charge in [-0.2, -0.15) is 0 Å². The molecule has 0 aliphatic carbocycles. The largest absolute Gasteiger partial charge is 0.427 e. The summed E-state index contributed by atoms with van der Waals surface area (Å²) < 4.78 is 4.95. The van der Waals surface area contributed by atoms with Crippen LogP contribution in [-0.2, 0) is 4.79 Å². The molecule has 0 saturated carbocycles. The number of hydrogen-bond acceptors (Lipinski definition) is 4. The van der Waals surface area contributed by atoms with Gasteiger partial charge in [0, 0.05) is 12.5 Å². The molecule has 0 atom stereocenters. The molecule has 0 aliphatic rings. The minimum absolute atomic E-state index is 0.309. The molecule has 0 radical (unpaired) electrons. The second-order valence-corrected chi connectivity index (χ2v) is 3.00. The zero-order valence-electron chi connectivity index (χ0n) is 8.75. The third-order valence-electron chi connectivity index (χ3n) is 1.79. The van der Waals surface area contributed by atoms with Gasteiger partial charge < -0.3 is 4.74 Å². The van der Waals surface area contributed by atoms with E-state index in [0.717, 1.165) is 6.20 Å². The van der Waals surface area contributed by atoms with Gasteiger partial charge >= 0.3 is 5.97 Å². The Morgan fingerprint density at radius 3 is 2.56 bits per heavy atom. The first kappa shape index (κ1) is 11.9. The molecule has 0 aliphatic heterocycles. The predicted molar refractivity (Wildman–Crippen MR) is 58.4 cm³/mol. The van der Waals surface area contributed by atoms with Gasteiger partial charge in [-0.3, -0.25) is 14.9 Å². The average Bonchev–Trinajstić information content (AvgIpc) is 2.28. The van der Waals surface area contributed by atoms with Crippen molar-refractivity contribution in [3.8, 4) is 5.75 Å². The Kier molecular flexibility index (Phi) is 4.20. The van der Waals surface area contributed by atoms with Crippen molar-refractivity contribution in [3.05, 3.63) is 46.1 Å². The van der Waals surface area contributed by atoms with Gasteiger partial charge in [0.25, 0.3) is 0 Å². The molecule has 0 fully saturated rings. The number of carbonyl (C=O) groups is 1. The van der Waals surface area contributed by atoms with Crippen molar-refractivity contribution in [3.63, 3.8) is 0 Å². The highest BCUT2D eigenvalue weighted by Gasteiger charge is 2.00. The van der Waals surface area contributed by atoms with Crippen LogP contribution in [0.4, 0.5) is 0 Å². The summed E-state index contributed by atoms with van der Waals surface area (Å²) in [5, 5.41) is 10.1. The van der Waals surface area contributed by atoms with E-state index in [0.29, 0.717) is 17.7 Å². The number of ether oxygens (including phenoxy) is 1. The predicted octanol–water partition coefficient (Wildman–Crippen LogP) is 2.25. The number of rotatable bonds is 4. The maximum Gasteiger partial charge on any atom is 0.310 e. The van der Waals surface area contributed by atoms with Crippen LogP contribution in [0, 0.1) is 10.1 Å². The fraction of sp³-hybridized carbons (Fsp3) is 0.182. The molecule has 1 aromatic rings. The monoisotopic (exact) mass is 221 g/mol. The summed E-state index contributed by atoms with van der Waals surface area (Å²) >= 11 is 0. The lowest BCUT2D eigenvalue weighted by Crippen LogP contribution is -2.05. The van der Waals surface area contributed by atoms with E-state index in [4.69, 9.17) is 4.74 Å². The van der Waals surface area contributed by atoms with Crippen LogP contribution in [0.1, 0.15) is 18.9 Å². The molecule has 0 amide bonds. The Morgan fingerprint density at radius 1 is 1.44 bits per heavy atom. The smallest absolute Gasteiger partial charge is 0.310 e. The van der Waals surface area contributed by atoms with Crippen molar-refractivity contribution in [2.45, 2.75) is 13.3 Å². The third-order valence-corrected chi connectivity index (χ3v) is 1.79. The van der Waals surface area contributed by atoms with Crippen LogP contribution in [0.5, 0.6) is 5.75 Å². The molecular weight excluding hydrogens is 210 g/mol. The normalized spacial score (nSPS) is 10.3. The van der Waals surface area contributed by atoms with Gasteiger partial charge in [0.1, 0.15) is 5.75 Å². The van der Waals surface area contributed by atoms with Crippen LogP contribution < -0.4 is 4.74 Å². The van der Waals surface area contributed by atoms with Gasteiger partial charge in [-0.1, -0.05) is 19.1 Å². The maximum atomic E-state index is 11.0. The molecule has 0 aromatic heterocycles. The summed E-state index contributed by atoms with van der Waals surface area (Å²) in [7, 11) is 0. The van der Waals surface area contributed by atoms with Gasteiger partial charge in [0.2, 0.25) is 6.20 Å². The summed E-state index contributed by atoms with van der Waals surface area (Å²) in [6.45, 7) is 1.70. The second kappa shape index (κ2) is 5.65. The molecule has 1 rings (SSSR count). The van der Waals surface area contributed by atoms with Crippen molar-refractivity contribution in [1.29, 1.82) is 0 Å². The quantitative estimate of drug-likeness (QED) is 0.338. The van der Waals surface area contributed by atoms with Gasteiger partial charge in [-0.25, -0.2) is 0 Å². The van der Waals surface area contributed by atoms with Crippen molar-refractivity contribution in [2.24, 2.45) is 0 Å². The van der Waals surface area contributed by atoms with Crippen LogP contribution in [-0.4, -0.2) is 10.9 Å².